The molecule has 3 heteroatoms. The molecule has 0 amide bonds. The monoisotopic (exact) mass is 380 g/mol. The first-order valence-corrected chi connectivity index (χ1v) is 7.50. The van der Waals surface area contributed by atoms with Gasteiger partial charge in [0.15, 0.2) is 18.9 Å². The highest BCUT2D eigenvalue weighted by molar-refractivity contribution is 14.1. The van der Waals surface area contributed by atoms with Crippen LogP contribution in [0, 0.1) is 3.57 Å². The Labute approximate surface area is 131 Å². The van der Waals surface area contributed by atoms with Crippen LogP contribution in [-0.4, -0.2) is 0 Å². The molecule has 0 radical (unpaired) electrons. The first-order chi connectivity index (χ1) is 9.22. The van der Waals surface area contributed by atoms with Gasteiger partial charge in [-0.2, -0.15) is 0 Å². The molecule has 0 N–H and O–H groups in total. The van der Waals surface area contributed by atoms with Crippen molar-refractivity contribution in [2.24, 2.45) is 0 Å². The Bertz CT molecular complexity index is 740. The van der Waals surface area contributed by atoms with Gasteiger partial charge in [-0.3, -0.25) is 0 Å². The van der Waals surface area contributed by atoms with E-state index in [1.807, 2.05) is 6.07 Å². The second kappa shape index (κ2) is 5.47. The summed E-state index contributed by atoms with van der Waals surface area (Å²) >= 11 is 8.55. The minimum atomic E-state index is 0.792. The molecule has 0 saturated carbocycles. The summed E-state index contributed by atoms with van der Waals surface area (Å²) in [6.45, 7) is 0.792. The third-order valence-corrected chi connectivity index (χ3v) is 4.14. The van der Waals surface area contributed by atoms with Crippen molar-refractivity contribution in [3.05, 3.63) is 75.1 Å². The molecular formula is C16H12ClIN+. The molecule has 94 valence electrons. The zero-order chi connectivity index (χ0) is 13.2. The van der Waals surface area contributed by atoms with E-state index in [-0.39, 0.29) is 0 Å². The van der Waals surface area contributed by atoms with E-state index in [1.54, 1.807) is 0 Å². The second-order valence-electron chi connectivity index (χ2n) is 4.48. The van der Waals surface area contributed by atoms with Crippen LogP contribution in [0.2, 0.25) is 5.02 Å². The van der Waals surface area contributed by atoms with Gasteiger partial charge in [0.1, 0.15) is 0 Å². The lowest BCUT2D eigenvalue weighted by Crippen LogP contribution is -2.33. The third kappa shape index (κ3) is 2.90. The van der Waals surface area contributed by atoms with Crippen LogP contribution in [0.5, 0.6) is 0 Å². The molecule has 2 aromatic carbocycles. The van der Waals surface area contributed by atoms with Crippen molar-refractivity contribution in [1.29, 1.82) is 0 Å². The maximum absolute atomic E-state index is 6.28. The van der Waals surface area contributed by atoms with Crippen LogP contribution in [0.15, 0.2) is 60.9 Å². The summed E-state index contributed by atoms with van der Waals surface area (Å²) in [5.41, 5.74) is 1.14. The molecule has 0 unspecified atom stereocenters. The molecule has 0 fully saturated rings. The zero-order valence-corrected chi connectivity index (χ0v) is 13.1. The second-order valence-corrected chi connectivity index (χ2v) is 6.13. The zero-order valence-electron chi connectivity index (χ0n) is 10.2. The minimum absolute atomic E-state index is 0.792. The van der Waals surface area contributed by atoms with Crippen molar-refractivity contribution in [3.8, 4) is 0 Å². The van der Waals surface area contributed by atoms with E-state index in [4.69, 9.17) is 11.6 Å². The lowest BCUT2D eigenvalue weighted by molar-refractivity contribution is -0.687. The Hall–Kier alpha value is -1.13. The van der Waals surface area contributed by atoms with E-state index in [9.17, 15) is 0 Å². The fourth-order valence-electron chi connectivity index (χ4n) is 2.12. The van der Waals surface area contributed by atoms with Gasteiger partial charge in [0, 0.05) is 20.6 Å². The summed E-state index contributed by atoms with van der Waals surface area (Å²) < 4.78 is 3.33. The molecule has 0 atom stereocenters. The molecule has 0 aliphatic rings. The fourth-order valence-corrected chi connectivity index (χ4v) is 3.04. The van der Waals surface area contributed by atoms with Gasteiger partial charge in [0.2, 0.25) is 0 Å². The largest absolute Gasteiger partial charge is 0.200 e. The van der Waals surface area contributed by atoms with Gasteiger partial charge in [0.05, 0.1) is 5.02 Å². The van der Waals surface area contributed by atoms with Gasteiger partial charge < -0.3 is 0 Å². The van der Waals surface area contributed by atoms with Crippen molar-refractivity contribution in [3.63, 3.8) is 0 Å². The van der Waals surface area contributed by atoms with Gasteiger partial charge in [0.25, 0.3) is 0 Å². The van der Waals surface area contributed by atoms with Crippen molar-refractivity contribution in [2.75, 3.05) is 0 Å². The van der Waals surface area contributed by atoms with Crippen LogP contribution in [0.4, 0.5) is 0 Å². The Kier molecular flexibility index (Phi) is 3.71. The van der Waals surface area contributed by atoms with Crippen LogP contribution in [0.3, 0.4) is 0 Å². The van der Waals surface area contributed by atoms with Gasteiger partial charge in [-0.05, 0) is 46.2 Å². The number of rotatable bonds is 2. The smallest absolute Gasteiger partial charge is 0.176 e. The van der Waals surface area contributed by atoms with Gasteiger partial charge >= 0.3 is 0 Å². The van der Waals surface area contributed by atoms with Crippen LogP contribution in [0.1, 0.15) is 5.56 Å². The molecule has 1 heterocycles. The number of benzene rings is 2. The molecule has 1 nitrogen and oxygen atoms in total. The van der Waals surface area contributed by atoms with Crippen LogP contribution in [-0.2, 0) is 6.54 Å². The molecule has 19 heavy (non-hydrogen) atoms. The molecule has 0 saturated heterocycles. The van der Waals surface area contributed by atoms with Crippen molar-refractivity contribution >= 4 is 45.0 Å². The van der Waals surface area contributed by atoms with E-state index < -0.39 is 0 Å². The van der Waals surface area contributed by atoms with Crippen LogP contribution < -0.4 is 4.57 Å². The Morgan fingerprint density at radius 1 is 1.00 bits per heavy atom. The molecule has 3 rings (SSSR count). The summed E-state index contributed by atoms with van der Waals surface area (Å²) in [6.07, 6.45) is 4.25. The SMILES string of the molecule is Clc1cc(I)ccc1C[n+]1ccc2ccccc2c1. The van der Waals surface area contributed by atoms with E-state index >= 15 is 0 Å². The summed E-state index contributed by atoms with van der Waals surface area (Å²) in [4.78, 5) is 0. The van der Waals surface area contributed by atoms with Crippen molar-refractivity contribution in [1.82, 2.24) is 0 Å². The highest BCUT2D eigenvalue weighted by Crippen LogP contribution is 2.19. The average Bonchev–Trinajstić information content (AvgIpc) is 2.42. The Morgan fingerprint density at radius 2 is 1.79 bits per heavy atom. The van der Waals surface area contributed by atoms with Crippen LogP contribution in [0.25, 0.3) is 10.8 Å². The molecular weight excluding hydrogens is 369 g/mol. The standard InChI is InChI=1S/C16H12ClIN/c17-16-9-15(18)6-5-14(16)11-19-8-7-12-3-1-2-4-13(12)10-19/h1-10H,11H2/q+1. The van der Waals surface area contributed by atoms with E-state index in [0.29, 0.717) is 0 Å². The number of pyridine rings is 1. The number of aromatic nitrogens is 1. The van der Waals surface area contributed by atoms with Crippen molar-refractivity contribution < 1.29 is 4.57 Å². The summed E-state index contributed by atoms with van der Waals surface area (Å²) in [7, 11) is 0. The number of nitrogens with zero attached hydrogens (tertiary/aromatic N) is 1. The lowest BCUT2D eigenvalue weighted by Gasteiger charge is -2.02. The summed E-state index contributed by atoms with van der Waals surface area (Å²) in [5, 5.41) is 3.33. The van der Waals surface area contributed by atoms with Crippen molar-refractivity contribution in [2.45, 2.75) is 6.54 Å². The van der Waals surface area contributed by atoms with Gasteiger partial charge in [-0.1, -0.05) is 35.9 Å². The highest BCUT2D eigenvalue weighted by Gasteiger charge is 2.08. The molecule has 1 aromatic heterocycles. The molecule has 0 bridgehead atoms. The average molecular weight is 381 g/mol. The number of hydrogen-bond acceptors (Lipinski definition) is 0. The molecule has 0 spiro atoms. The predicted molar refractivity (Wildman–Crippen MR) is 87.4 cm³/mol. The maximum atomic E-state index is 6.28. The third-order valence-electron chi connectivity index (χ3n) is 3.11. The number of halogens is 2. The van der Waals surface area contributed by atoms with Gasteiger partial charge in [-0.15, -0.1) is 0 Å². The van der Waals surface area contributed by atoms with Crippen LogP contribution >= 0.6 is 34.2 Å². The first-order valence-electron chi connectivity index (χ1n) is 6.04. The first kappa shape index (κ1) is 12.9. The summed E-state index contributed by atoms with van der Waals surface area (Å²) in [6, 6.07) is 16.7. The molecule has 0 aliphatic carbocycles. The number of fused-ring (bicyclic) bond motifs is 1. The summed E-state index contributed by atoms with van der Waals surface area (Å²) in [5.74, 6) is 0. The molecule has 3 aromatic rings. The van der Waals surface area contributed by atoms with E-state index in [0.717, 1.165) is 20.7 Å². The lowest BCUT2D eigenvalue weighted by atomic mass is 10.1. The molecule has 0 aliphatic heterocycles. The topological polar surface area (TPSA) is 3.88 Å². The quantitative estimate of drug-likeness (QED) is 0.457. The van der Waals surface area contributed by atoms with Gasteiger partial charge in [-0.25, -0.2) is 4.57 Å². The predicted octanol–water partition coefficient (Wildman–Crippen LogP) is 4.43. The highest BCUT2D eigenvalue weighted by atomic mass is 127. The number of hydrogen-bond donors (Lipinski definition) is 0. The van der Waals surface area contributed by atoms with E-state index in [2.05, 4.69) is 82.0 Å². The Morgan fingerprint density at radius 3 is 2.58 bits per heavy atom. The fraction of sp³-hybridized carbons (Fsp3) is 0.0625. The minimum Gasteiger partial charge on any atom is -0.200 e. The van der Waals surface area contributed by atoms with E-state index in [1.165, 1.54) is 10.8 Å². The Balaban J connectivity index is 1.96. The maximum Gasteiger partial charge on any atom is 0.176 e. The normalized spacial score (nSPS) is 10.8.